The Kier molecular flexibility index (Phi) is 6.19. The molecule has 2 aliphatic rings. The van der Waals surface area contributed by atoms with Crippen LogP contribution in [-0.2, 0) is 16.2 Å². The fourth-order valence-corrected chi connectivity index (χ4v) is 6.26. The molecule has 1 atom stereocenters. The lowest BCUT2D eigenvalue weighted by atomic mass is 10.0. The molecule has 1 saturated heterocycles. The molecular formula is C28H25FN4O2S. The lowest BCUT2D eigenvalue weighted by Gasteiger charge is -2.33. The predicted molar refractivity (Wildman–Crippen MR) is 139 cm³/mol. The summed E-state index contributed by atoms with van der Waals surface area (Å²) in [6.07, 6.45) is 0. The first kappa shape index (κ1) is 23.9. The van der Waals surface area contributed by atoms with Gasteiger partial charge in [0.05, 0.1) is 23.9 Å². The number of amides is 3. The standard InChI is InChI=1S/C28H25FN4O2S/c1-18(2)21-6-9-23(10-7-21)31-27(35)33-12-13-36-28(33)24-15-22(29)8-11-25(24)32(26(28)34)17-20-5-3-4-19(14-20)16-30/h3-11,14-15,18H,12-13,17H2,1-2H3,(H,31,35)/t28-/m1/s1. The average molecular weight is 501 g/mol. The highest BCUT2D eigenvalue weighted by molar-refractivity contribution is 8.01. The summed E-state index contributed by atoms with van der Waals surface area (Å²) in [5, 5.41) is 12.2. The van der Waals surface area contributed by atoms with Crippen LogP contribution < -0.4 is 10.2 Å². The summed E-state index contributed by atoms with van der Waals surface area (Å²) in [6.45, 7) is 4.76. The van der Waals surface area contributed by atoms with E-state index in [2.05, 4.69) is 25.2 Å². The van der Waals surface area contributed by atoms with E-state index in [1.165, 1.54) is 28.8 Å². The van der Waals surface area contributed by atoms with Crippen molar-refractivity contribution in [3.8, 4) is 6.07 Å². The highest BCUT2D eigenvalue weighted by atomic mass is 32.2. The second kappa shape index (κ2) is 9.32. The van der Waals surface area contributed by atoms with E-state index < -0.39 is 16.7 Å². The van der Waals surface area contributed by atoms with Gasteiger partial charge in [-0.25, -0.2) is 9.18 Å². The normalized spacial score (nSPS) is 18.6. The molecule has 3 aromatic rings. The molecule has 0 bridgehead atoms. The van der Waals surface area contributed by atoms with E-state index in [0.717, 1.165) is 11.1 Å². The van der Waals surface area contributed by atoms with E-state index in [1.807, 2.05) is 30.3 Å². The Bertz CT molecular complexity index is 1390. The summed E-state index contributed by atoms with van der Waals surface area (Å²) in [7, 11) is 0. The minimum absolute atomic E-state index is 0.210. The zero-order chi connectivity index (χ0) is 25.4. The van der Waals surface area contributed by atoms with Crippen LogP contribution in [0.4, 0.5) is 20.6 Å². The summed E-state index contributed by atoms with van der Waals surface area (Å²) in [5.41, 5.74) is 4.10. The topological polar surface area (TPSA) is 76.4 Å². The molecule has 5 rings (SSSR count). The monoisotopic (exact) mass is 500 g/mol. The highest BCUT2D eigenvalue weighted by Gasteiger charge is 2.59. The van der Waals surface area contributed by atoms with Crippen molar-refractivity contribution in [2.75, 3.05) is 22.5 Å². The van der Waals surface area contributed by atoms with E-state index in [0.29, 0.717) is 40.7 Å². The number of halogens is 1. The number of nitriles is 1. The van der Waals surface area contributed by atoms with E-state index >= 15 is 0 Å². The third kappa shape index (κ3) is 3.99. The zero-order valence-electron chi connectivity index (χ0n) is 20.0. The van der Waals surface area contributed by atoms with E-state index in [4.69, 9.17) is 0 Å². The number of nitrogens with one attached hydrogen (secondary N) is 1. The van der Waals surface area contributed by atoms with Gasteiger partial charge in [-0.05, 0) is 59.5 Å². The van der Waals surface area contributed by atoms with Crippen LogP contribution in [0, 0.1) is 17.1 Å². The number of rotatable bonds is 4. The number of benzene rings is 3. The van der Waals surface area contributed by atoms with Crippen molar-refractivity contribution in [3.63, 3.8) is 0 Å². The van der Waals surface area contributed by atoms with Crippen LogP contribution in [0.15, 0.2) is 66.7 Å². The molecule has 36 heavy (non-hydrogen) atoms. The molecule has 3 aromatic carbocycles. The molecule has 0 radical (unpaired) electrons. The molecule has 0 aliphatic carbocycles. The summed E-state index contributed by atoms with van der Waals surface area (Å²) < 4.78 is 14.5. The SMILES string of the molecule is CC(C)c1ccc(NC(=O)N2CCS[C@]23C(=O)N(Cc2cccc(C#N)c2)c2ccc(F)cc23)cc1. The Labute approximate surface area is 213 Å². The van der Waals surface area contributed by atoms with Crippen molar-refractivity contribution in [2.45, 2.75) is 31.2 Å². The number of anilines is 2. The van der Waals surface area contributed by atoms with Gasteiger partial charge in [0.25, 0.3) is 5.91 Å². The Balaban J connectivity index is 1.49. The molecule has 3 amide bonds. The minimum atomic E-state index is -1.35. The van der Waals surface area contributed by atoms with E-state index in [-0.39, 0.29) is 12.5 Å². The number of fused-ring (bicyclic) bond motifs is 2. The van der Waals surface area contributed by atoms with Gasteiger partial charge in [0.2, 0.25) is 0 Å². The first-order chi connectivity index (χ1) is 17.3. The van der Waals surface area contributed by atoms with Crippen molar-refractivity contribution >= 4 is 35.1 Å². The summed E-state index contributed by atoms with van der Waals surface area (Å²) in [4.78, 5) is 29.3. The number of carbonyl (C=O) groups excluding carboxylic acids is 2. The van der Waals surface area contributed by atoms with Gasteiger partial charge in [0.1, 0.15) is 5.82 Å². The molecule has 0 aromatic heterocycles. The summed E-state index contributed by atoms with van der Waals surface area (Å²) >= 11 is 1.34. The quantitative estimate of drug-likeness (QED) is 0.491. The zero-order valence-corrected chi connectivity index (χ0v) is 20.8. The van der Waals surface area contributed by atoms with Gasteiger partial charge < -0.3 is 10.2 Å². The number of carbonyl (C=O) groups is 2. The molecule has 1 spiro atoms. The molecule has 6 nitrogen and oxygen atoms in total. The number of thioether (sulfide) groups is 1. The highest BCUT2D eigenvalue weighted by Crippen LogP contribution is 2.54. The molecule has 8 heteroatoms. The average Bonchev–Trinajstić information content (AvgIpc) is 3.41. The van der Waals surface area contributed by atoms with Crippen LogP contribution in [0.2, 0.25) is 0 Å². The van der Waals surface area contributed by atoms with Crippen LogP contribution >= 0.6 is 11.8 Å². The van der Waals surface area contributed by atoms with Crippen LogP contribution in [0.1, 0.15) is 42.0 Å². The van der Waals surface area contributed by atoms with E-state index in [9.17, 15) is 19.2 Å². The maximum absolute atomic E-state index is 14.5. The maximum atomic E-state index is 14.5. The Morgan fingerprint density at radius 1 is 1.17 bits per heavy atom. The van der Waals surface area contributed by atoms with Crippen molar-refractivity contribution in [1.29, 1.82) is 5.26 Å². The Morgan fingerprint density at radius 2 is 1.94 bits per heavy atom. The smallest absolute Gasteiger partial charge is 0.308 e. The van der Waals surface area contributed by atoms with Gasteiger partial charge >= 0.3 is 6.03 Å². The van der Waals surface area contributed by atoms with Crippen LogP contribution in [0.5, 0.6) is 0 Å². The van der Waals surface area contributed by atoms with Crippen molar-refractivity contribution in [1.82, 2.24) is 4.90 Å². The van der Waals surface area contributed by atoms with Gasteiger partial charge in [-0.2, -0.15) is 5.26 Å². The lowest BCUT2D eigenvalue weighted by molar-refractivity contribution is -0.123. The molecular weight excluding hydrogens is 475 g/mol. The second-order valence-electron chi connectivity index (χ2n) is 9.22. The van der Waals surface area contributed by atoms with Gasteiger partial charge in [-0.1, -0.05) is 38.1 Å². The fourth-order valence-electron chi connectivity index (χ4n) is 4.81. The first-order valence-corrected chi connectivity index (χ1v) is 12.8. The van der Waals surface area contributed by atoms with Crippen LogP contribution in [-0.4, -0.2) is 29.1 Å². The van der Waals surface area contributed by atoms with Gasteiger partial charge in [-0.15, -0.1) is 11.8 Å². The first-order valence-electron chi connectivity index (χ1n) is 11.8. The molecule has 1 N–H and O–H groups in total. The number of hydrogen-bond acceptors (Lipinski definition) is 4. The predicted octanol–water partition coefficient (Wildman–Crippen LogP) is 5.80. The Hall–Kier alpha value is -3.83. The third-order valence-corrected chi connectivity index (χ3v) is 8.05. The van der Waals surface area contributed by atoms with Crippen molar-refractivity contribution in [2.24, 2.45) is 0 Å². The number of nitrogens with zero attached hydrogens (tertiary/aromatic N) is 3. The largest absolute Gasteiger partial charge is 0.323 e. The molecule has 0 unspecified atom stereocenters. The van der Waals surface area contributed by atoms with Gasteiger partial charge in [0, 0.05) is 23.5 Å². The molecule has 182 valence electrons. The van der Waals surface area contributed by atoms with Gasteiger partial charge in [-0.3, -0.25) is 9.69 Å². The minimum Gasteiger partial charge on any atom is -0.308 e. The maximum Gasteiger partial charge on any atom is 0.323 e. The van der Waals surface area contributed by atoms with Gasteiger partial charge in [0.15, 0.2) is 4.87 Å². The number of hydrogen-bond donors (Lipinski definition) is 1. The Morgan fingerprint density at radius 3 is 2.67 bits per heavy atom. The third-order valence-electron chi connectivity index (χ3n) is 6.63. The summed E-state index contributed by atoms with van der Waals surface area (Å²) in [6, 6.07) is 20.7. The van der Waals surface area contributed by atoms with Crippen LogP contribution in [0.3, 0.4) is 0 Å². The fraction of sp³-hybridized carbons (Fsp3) is 0.250. The molecule has 0 saturated carbocycles. The van der Waals surface area contributed by atoms with Crippen LogP contribution in [0.25, 0.3) is 0 Å². The lowest BCUT2D eigenvalue weighted by Crippen LogP contribution is -2.51. The molecule has 2 aliphatic heterocycles. The van der Waals surface area contributed by atoms with Crippen molar-refractivity contribution < 1.29 is 14.0 Å². The second-order valence-corrected chi connectivity index (χ2v) is 10.5. The molecule has 2 heterocycles. The molecule has 1 fully saturated rings. The number of urea groups is 1. The van der Waals surface area contributed by atoms with E-state index in [1.54, 1.807) is 29.2 Å². The van der Waals surface area contributed by atoms with Crippen molar-refractivity contribution in [3.05, 3.63) is 94.8 Å². The summed E-state index contributed by atoms with van der Waals surface area (Å²) in [5.74, 6) is 0.152.